The van der Waals surface area contributed by atoms with Crippen LogP contribution < -0.4 is 9.47 Å². The van der Waals surface area contributed by atoms with Crippen molar-refractivity contribution in [2.75, 3.05) is 7.11 Å². The van der Waals surface area contributed by atoms with Crippen LogP contribution in [-0.4, -0.2) is 21.5 Å². The van der Waals surface area contributed by atoms with Crippen LogP contribution in [0.1, 0.15) is 5.56 Å². The number of hydrogen-bond acceptors (Lipinski definition) is 4. The highest BCUT2D eigenvalue weighted by Crippen LogP contribution is 2.32. The molecule has 2 aromatic heterocycles. The first kappa shape index (κ1) is 16.4. The second kappa shape index (κ2) is 7.06. The molecule has 0 bridgehead atoms. The van der Waals surface area contributed by atoms with E-state index >= 15 is 0 Å². The molecule has 0 fully saturated rings. The van der Waals surface area contributed by atoms with Crippen LogP contribution in [0.25, 0.3) is 17.0 Å². The molecule has 130 valence electrons. The van der Waals surface area contributed by atoms with Crippen LogP contribution in [0.15, 0.2) is 67.1 Å². The van der Waals surface area contributed by atoms with Gasteiger partial charge >= 0.3 is 0 Å². The van der Waals surface area contributed by atoms with Gasteiger partial charge < -0.3 is 9.47 Å². The fourth-order valence-corrected chi connectivity index (χ4v) is 2.78. The molecule has 0 N–H and O–H groups in total. The molecule has 0 radical (unpaired) electrons. The molecule has 0 aliphatic heterocycles. The van der Waals surface area contributed by atoms with E-state index in [9.17, 15) is 0 Å². The van der Waals surface area contributed by atoms with Gasteiger partial charge in [0.1, 0.15) is 6.61 Å². The van der Waals surface area contributed by atoms with Crippen LogP contribution in [0.3, 0.4) is 0 Å². The molecule has 0 aliphatic rings. The SMILES string of the molecule is COc1cc(-c2cn3cccnc3n2)ccc1OCc1ccc(Cl)cc1. The van der Waals surface area contributed by atoms with Crippen molar-refractivity contribution in [2.24, 2.45) is 0 Å². The maximum absolute atomic E-state index is 5.91. The Hall–Kier alpha value is -3.05. The minimum atomic E-state index is 0.436. The first-order chi connectivity index (χ1) is 12.7. The Labute approximate surface area is 155 Å². The molecular weight excluding hydrogens is 350 g/mol. The Morgan fingerprint density at radius 3 is 2.69 bits per heavy atom. The quantitative estimate of drug-likeness (QED) is 0.517. The van der Waals surface area contributed by atoms with Gasteiger partial charge in [-0.25, -0.2) is 9.97 Å². The van der Waals surface area contributed by atoms with Gasteiger partial charge in [0.2, 0.25) is 5.78 Å². The number of imidazole rings is 1. The Morgan fingerprint density at radius 2 is 1.92 bits per heavy atom. The van der Waals surface area contributed by atoms with Gasteiger partial charge in [0, 0.05) is 29.2 Å². The van der Waals surface area contributed by atoms with Gasteiger partial charge in [-0.1, -0.05) is 23.7 Å². The summed E-state index contributed by atoms with van der Waals surface area (Å²) >= 11 is 5.91. The lowest BCUT2D eigenvalue weighted by atomic mass is 10.1. The monoisotopic (exact) mass is 365 g/mol. The third kappa shape index (κ3) is 3.34. The fraction of sp³-hybridized carbons (Fsp3) is 0.100. The molecule has 5 nitrogen and oxygen atoms in total. The molecule has 0 saturated carbocycles. The lowest BCUT2D eigenvalue weighted by Crippen LogP contribution is -1.98. The van der Waals surface area contributed by atoms with Crippen LogP contribution in [0.4, 0.5) is 0 Å². The molecule has 0 amide bonds. The zero-order chi connectivity index (χ0) is 17.9. The molecule has 6 heteroatoms. The van der Waals surface area contributed by atoms with Gasteiger partial charge in [-0.15, -0.1) is 0 Å². The largest absolute Gasteiger partial charge is 0.493 e. The Balaban J connectivity index is 1.58. The maximum atomic E-state index is 5.91. The summed E-state index contributed by atoms with van der Waals surface area (Å²) in [5, 5.41) is 0.706. The van der Waals surface area contributed by atoms with Gasteiger partial charge in [-0.05, 0) is 42.0 Å². The Bertz CT molecular complexity index is 1010. The van der Waals surface area contributed by atoms with E-state index in [4.69, 9.17) is 21.1 Å². The van der Waals surface area contributed by atoms with E-state index in [0.29, 0.717) is 28.9 Å². The second-order valence-electron chi connectivity index (χ2n) is 5.73. The average Bonchev–Trinajstić information content (AvgIpc) is 3.11. The number of fused-ring (bicyclic) bond motifs is 1. The zero-order valence-corrected chi connectivity index (χ0v) is 14.8. The van der Waals surface area contributed by atoms with E-state index in [1.54, 1.807) is 13.3 Å². The van der Waals surface area contributed by atoms with Crippen LogP contribution in [0.5, 0.6) is 11.5 Å². The molecule has 4 rings (SSSR count). The maximum Gasteiger partial charge on any atom is 0.234 e. The van der Waals surface area contributed by atoms with Crippen LogP contribution >= 0.6 is 11.6 Å². The highest BCUT2D eigenvalue weighted by molar-refractivity contribution is 6.30. The molecule has 2 heterocycles. The summed E-state index contributed by atoms with van der Waals surface area (Å²) in [7, 11) is 1.62. The number of methoxy groups -OCH3 is 1. The van der Waals surface area contributed by atoms with E-state index in [1.807, 2.05) is 65.3 Å². The van der Waals surface area contributed by atoms with Crippen molar-refractivity contribution in [1.82, 2.24) is 14.4 Å². The summed E-state index contributed by atoms with van der Waals surface area (Å²) in [5.41, 5.74) is 2.80. The van der Waals surface area contributed by atoms with E-state index in [-0.39, 0.29) is 0 Å². The normalized spacial score (nSPS) is 10.8. The van der Waals surface area contributed by atoms with Gasteiger partial charge in [-0.2, -0.15) is 0 Å². The van der Waals surface area contributed by atoms with Crippen molar-refractivity contribution in [1.29, 1.82) is 0 Å². The van der Waals surface area contributed by atoms with Crippen molar-refractivity contribution in [3.8, 4) is 22.8 Å². The Kier molecular flexibility index (Phi) is 4.46. The lowest BCUT2D eigenvalue weighted by molar-refractivity contribution is 0.284. The highest BCUT2D eigenvalue weighted by atomic mass is 35.5. The molecule has 0 saturated heterocycles. The van der Waals surface area contributed by atoms with Crippen molar-refractivity contribution in [2.45, 2.75) is 6.61 Å². The lowest BCUT2D eigenvalue weighted by Gasteiger charge is -2.12. The summed E-state index contributed by atoms with van der Waals surface area (Å²) < 4.78 is 13.3. The second-order valence-corrected chi connectivity index (χ2v) is 6.17. The van der Waals surface area contributed by atoms with Gasteiger partial charge in [-0.3, -0.25) is 4.40 Å². The molecule has 0 spiro atoms. The van der Waals surface area contributed by atoms with E-state index in [1.165, 1.54) is 0 Å². The minimum Gasteiger partial charge on any atom is -0.493 e. The first-order valence-electron chi connectivity index (χ1n) is 8.08. The van der Waals surface area contributed by atoms with Gasteiger partial charge in [0.15, 0.2) is 11.5 Å². The predicted octanol–water partition coefficient (Wildman–Crippen LogP) is 4.64. The summed E-state index contributed by atoms with van der Waals surface area (Å²) in [6.07, 6.45) is 5.57. The molecule has 4 aromatic rings. The molecule has 0 unspecified atom stereocenters. The summed E-state index contributed by atoms with van der Waals surface area (Å²) in [5.74, 6) is 1.99. The number of rotatable bonds is 5. The molecule has 0 atom stereocenters. The third-order valence-electron chi connectivity index (χ3n) is 4.00. The van der Waals surface area contributed by atoms with Gasteiger partial charge in [0.05, 0.1) is 12.8 Å². The van der Waals surface area contributed by atoms with Crippen molar-refractivity contribution in [3.05, 3.63) is 77.7 Å². The van der Waals surface area contributed by atoms with E-state index in [0.717, 1.165) is 16.8 Å². The fourth-order valence-electron chi connectivity index (χ4n) is 2.66. The van der Waals surface area contributed by atoms with Crippen molar-refractivity contribution >= 4 is 17.4 Å². The highest BCUT2D eigenvalue weighted by Gasteiger charge is 2.10. The number of nitrogens with zero attached hydrogens (tertiary/aromatic N) is 3. The number of aromatic nitrogens is 3. The predicted molar refractivity (Wildman–Crippen MR) is 101 cm³/mol. The molecule has 26 heavy (non-hydrogen) atoms. The van der Waals surface area contributed by atoms with Crippen molar-refractivity contribution < 1.29 is 9.47 Å². The number of hydrogen-bond donors (Lipinski definition) is 0. The molecule has 0 aliphatic carbocycles. The third-order valence-corrected chi connectivity index (χ3v) is 4.25. The van der Waals surface area contributed by atoms with Crippen LogP contribution in [0.2, 0.25) is 5.02 Å². The minimum absolute atomic E-state index is 0.436. The van der Waals surface area contributed by atoms with E-state index in [2.05, 4.69) is 9.97 Å². The molecule has 2 aromatic carbocycles. The first-order valence-corrected chi connectivity index (χ1v) is 8.46. The standard InChI is InChI=1S/C20H16ClN3O2/c1-25-19-11-15(17-12-24-10-2-9-22-20(24)23-17)5-8-18(19)26-13-14-3-6-16(21)7-4-14/h2-12H,13H2,1H3. The topological polar surface area (TPSA) is 48.7 Å². The molecular formula is C20H16ClN3O2. The number of benzene rings is 2. The van der Waals surface area contributed by atoms with E-state index < -0.39 is 0 Å². The zero-order valence-electron chi connectivity index (χ0n) is 14.1. The smallest absolute Gasteiger partial charge is 0.234 e. The number of ether oxygens (including phenoxy) is 2. The van der Waals surface area contributed by atoms with Crippen LogP contribution in [0, 0.1) is 0 Å². The Morgan fingerprint density at radius 1 is 1.08 bits per heavy atom. The summed E-state index contributed by atoms with van der Waals surface area (Å²) in [6.45, 7) is 0.436. The summed E-state index contributed by atoms with van der Waals surface area (Å²) in [4.78, 5) is 8.78. The number of halogens is 1. The average molecular weight is 366 g/mol. The van der Waals surface area contributed by atoms with Crippen LogP contribution in [-0.2, 0) is 6.61 Å². The van der Waals surface area contributed by atoms with Gasteiger partial charge in [0.25, 0.3) is 0 Å². The van der Waals surface area contributed by atoms with Crippen molar-refractivity contribution in [3.63, 3.8) is 0 Å². The summed E-state index contributed by atoms with van der Waals surface area (Å²) in [6, 6.07) is 15.2.